The van der Waals surface area contributed by atoms with Crippen molar-refractivity contribution in [1.82, 2.24) is 4.72 Å². The Morgan fingerprint density at radius 2 is 2.05 bits per heavy atom. The molecule has 0 aliphatic rings. The Morgan fingerprint density at radius 3 is 2.60 bits per heavy atom. The minimum atomic E-state index is -3.53. The fourth-order valence-corrected chi connectivity index (χ4v) is 3.40. The van der Waals surface area contributed by atoms with Gasteiger partial charge in [0.05, 0.1) is 4.90 Å². The molecule has 1 aromatic rings. The molecule has 20 heavy (non-hydrogen) atoms. The molecule has 0 fully saturated rings. The maximum atomic E-state index is 12.3. The van der Waals surface area contributed by atoms with Crippen LogP contribution in [0.4, 0.5) is 0 Å². The van der Waals surface area contributed by atoms with Gasteiger partial charge in [-0.15, -0.1) is 0 Å². The lowest BCUT2D eigenvalue weighted by atomic mass is 10.0. The molecule has 0 bridgehead atoms. The predicted octanol–water partition coefficient (Wildman–Crippen LogP) is 2.42. The van der Waals surface area contributed by atoms with E-state index in [0.717, 1.165) is 12.8 Å². The first kappa shape index (κ1) is 17.1. The minimum absolute atomic E-state index is 0.108. The third kappa shape index (κ3) is 4.85. The van der Waals surface area contributed by atoms with Crippen molar-refractivity contribution >= 4 is 27.2 Å². The highest BCUT2D eigenvalue weighted by Gasteiger charge is 2.19. The van der Waals surface area contributed by atoms with Crippen molar-refractivity contribution in [3.05, 3.63) is 29.8 Å². The summed E-state index contributed by atoms with van der Waals surface area (Å²) in [7, 11) is -3.53. The quantitative estimate of drug-likeness (QED) is 0.758. The number of nitrogens with two attached hydrogens (primary N) is 1. The number of hydrogen-bond donors (Lipinski definition) is 2. The zero-order valence-corrected chi connectivity index (χ0v) is 13.7. The molecule has 2 unspecified atom stereocenters. The van der Waals surface area contributed by atoms with E-state index in [4.69, 9.17) is 18.0 Å². The highest BCUT2D eigenvalue weighted by Crippen LogP contribution is 2.15. The van der Waals surface area contributed by atoms with Crippen LogP contribution < -0.4 is 10.5 Å². The Kier molecular flexibility index (Phi) is 6.10. The smallest absolute Gasteiger partial charge is 0.240 e. The zero-order valence-electron chi connectivity index (χ0n) is 12.1. The number of rotatable bonds is 7. The van der Waals surface area contributed by atoms with E-state index in [9.17, 15) is 8.42 Å². The molecular formula is C14H22N2O2S2. The molecule has 112 valence electrons. The van der Waals surface area contributed by atoms with Crippen LogP contribution in [-0.4, -0.2) is 19.4 Å². The number of hydrogen-bond acceptors (Lipinski definition) is 3. The second-order valence-electron chi connectivity index (χ2n) is 5.16. The highest BCUT2D eigenvalue weighted by atomic mass is 32.2. The van der Waals surface area contributed by atoms with Crippen LogP contribution in [0.5, 0.6) is 0 Å². The first-order valence-electron chi connectivity index (χ1n) is 6.68. The summed E-state index contributed by atoms with van der Waals surface area (Å²) in [5.41, 5.74) is 6.08. The lowest BCUT2D eigenvalue weighted by Crippen LogP contribution is -2.33. The van der Waals surface area contributed by atoms with E-state index in [1.807, 2.05) is 6.92 Å². The van der Waals surface area contributed by atoms with Crippen molar-refractivity contribution in [3.63, 3.8) is 0 Å². The van der Waals surface area contributed by atoms with Crippen molar-refractivity contribution in [2.45, 2.75) is 44.6 Å². The van der Waals surface area contributed by atoms with Crippen LogP contribution in [0.25, 0.3) is 0 Å². The van der Waals surface area contributed by atoms with Gasteiger partial charge in [0.1, 0.15) is 4.99 Å². The molecule has 0 spiro atoms. The summed E-state index contributed by atoms with van der Waals surface area (Å²) in [6.45, 7) is 6.08. The molecule has 1 rings (SSSR count). The largest absolute Gasteiger partial charge is 0.389 e. The van der Waals surface area contributed by atoms with Crippen LogP contribution in [0, 0.1) is 5.92 Å². The van der Waals surface area contributed by atoms with Crippen molar-refractivity contribution in [2.75, 3.05) is 0 Å². The van der Waals surface area contributed by atoms with E-state index < -0.39 is 10.0 Å². The molecule has 4 nitrogen and oxygen atoms in total. The third-order valence-corrected chi connectivity index (χ3v) is 5.06. The van der Waals surface area contributed by atoms with Crippen LogP contribution >= 0.6 is 12.2 Å². The average Bonchev–Trinajstić information content (AvgIpc) is 2.37. The molecule has 0 aromatic heterocycles. The van der Waals surface area contributed by atoms with Crippen molar-refractivity contribution in [3.8, 4) is 0 Å². The van der Waals surface area contributed by atoms with E-state index in [0.29, 0.717) is 11.5 Å². The molecule has 6 heteroatoms. The fraction of sp³-hybridized carbons (Fsp3) is 0.500. The molecule has 0 amide bonds. The SMILES string of the molecule is CCC(C)CC(C)NS(=O)(=O)c1cccc(C(N)=S)c1. The lowest BCUT2D eigenvalue weighted by Gasteiger charge is -2.17. The Labute approximate surface area is 126 Å². The summed E-state index contributed by atoms with van der Waals surface area (Å²) < 4.78 is 27.3. The van der Waals surface area contributed by atoms with Crippen molar-refractivity contribution < 1.29 is 8.42 Å². The highest BCUT2D eigenvalue weighted by molar-refractivity contribution is 7.89. The van der Waals surface area contributed by atoms with Gasteiger partial charge in [0.2, 0.25) is 10.0 Å². The van der Waals surface area contributed by atoms with Gasteiger partial charge < -0.3 is 5.73 Å². The minimum Gasteiger partial charge on any atom is -0.389 e. The number of benzene rings is 1. The Hall–Kier alpha value is -0.980. The van der Waals surface area contributed by atoms with E-state index in [-0.39, 0.29) is 15.9 Å². The van der Waals surface area contributed by atoms with Gasteiger partial charge >= 0.3 is 0 Å². The lowest BCUT2D eigenvalue weighted by molar-refractivity contribution is 0.445. The molecule has 0 saturated carbocycles. The van der Waals surface area contributed by atoms with Gasteiger partial charge in [0.25, 0.3) is 0 Å². The second kappa shape index (κ2) is 7.15. The summed E-state index contributed by atoms with van der Waals surface area (Å²) in [5, 5.41) is 0. The van der Waals surface area contributed by atoms with Gasteiger partial charge in [0.15, 0.2) is 0 Å². The van der Waals surface area contributed by atoms with Gasteiger partial charge in [-0.25, -0.2) is 13.1 Å². The van der Waals surface area contributed by atoms with E-state index >= 15 is 0 Å². The molecule has 0 aliphatic heterocycles. The van der Waals surface area contributed by atoms with Gasteiger partial charge in [-0.05, 0) is 31.4 Å². The van der Waals surface area contributed by atoms with Gasteiger partial charge in [-0.2, -0.15) is 0 Å². The molecule has 2 atom stereocenters. The number of sulfonamides is 1. The monoisotopic (exact) mass is 314 g/mol. The molecule has 3 N–H and O–H groups in total. The Bertz CT molecular complexity index is 570. The molecule has 0 heterocycles. The Balaban J connectivity index is 2.88. The summed E-state index contributed by atoms with van der Waals surface area (Å²) in [6, 6.07) is 6.27. The summed E-state index contributed by atoms with van der Waals surface area (Å²) >= 11 is 4.87. The van der Waals surface area contributed by atoms with Crippen LogP contribution in [0.15, 0.2) is 29.2 Å². The number of nitrogens with one attached hydrogen (secondary N) is 1. The van der Waals surface area contributed by atoms with Crippen molar-refractivity contribution in [2.24, 2.45) is 11.7 Å². The first-order valence-corrected chi connectivity index (χ1v) is 8.57. The Morgan fingerprint density at radius 1 is 1.40 bits per heavy atom. The van der Waals surface area contributed by atoms with E-state index in [1.165, 1.54) is 6.07 Å². The fourth-order valence-electron chi connectivity index (χ4n) is 1.97. The maximum Gasteiger partial charge on any atom is 0.240 e. The average molecular weight is 314 g/mol. The number of thiocarbonyl (C=S) groups is 1. The maximum absolute atomic E-state index is 12.3. The van der Waals surface area contributed by atoms with Gasteiger partial charge in [-0.1, -0.05) is 44.6 Å². The zero-order chi connectivity index (χ0) is 15.3. The molecular weight excluding hydrogens is 292 g/mol. The molecule has 0 saturated heterocycles. The van der Waals surface area contributed by atoms with Gasteiger partial charge in [-0.3, -0.25) is 0 Å². The predicted molar refractivity (Wildman–Crippen MR) is 86.2 cm³/mol. The molecule has 0 radical (unpaired) electrons. The first-order chi connectivity index (χ1) is 9.26. The summed E-state index contributed by atoms with van der Waals surface area (Å²) in [6.07, 6.45) is 1.84. The summed E-state index contributed by atoms with van der Waals surface area (Å²) in [4.78, 5) is 0.383. The van der Waals surface area contributed by atoms with Crippen molar-refractivity contribution in [1.29, 1.82) is 0 Å². The van der Waals surface area contributed by atoms with Crippen LogP contribution in [0.2, 0.25) is 0 Å². The molecule has 0 aliphatic carbocycles. The van der Waals surface area contributed by atoms with E-state index in [2.05, 4.69) is 18.6 Å². The molecule has 1 aromatic carbocycles. The standard InChI is InChI=1S/C14H22N2O2S2/c1-4-10(2)8-11(3)16-20(17,18)13-7-5-6-12(9-13)14(15)19/h5-7,9-11,16H,4,8H2,1-3H3,(H2,15,19). The topological polar surface area (TPSA) is 72.2 Å². The van der Waals surface area contributed by atoms with Crippen LogP contribution in [-0.2, 0) is 10.0 Å². The third-order valence-electron chi connectivity index (χ3n) is 3.24. The van der Waals surface area contributed by atoms with Crippen LogP contribution in [0.1, 0.15) is 39.2 Å². The van der Waals surface area contributed by atoms with Gasteiger partial charge in [0, 0.05) is 11.6 Å². The van der Waals surface area contributed by atoms with Crippen LogP contribution in [0.3, 0.4) is 0 Å². The van der Waals surface area contributed by atoms with E-state index in [1.54, 1.807) is 18.2 Å². The summed E-state index contributed by atoms with van der Waals surface area (Å²) in [5.74, 6) is 0.482. The normalized spacial score (nSPS) is 14.8. The second-order valence-corrected chi connectivity index (χ2v) is 7.32.